The Labute approximate surface area is 228 Å². The summed E-state index contributed by atoms with van der Waals surface area (Å²) in [4.78, 5) is 31.8. The number of morpholine rings is 1. The topological polar surface area (TPSA) is 93.5 Å². The van der Waals surface area contributed by atoms with E-state index >= 15 is 0 Å². The predicted molar refractivity (Wildman–Crippen MR) is 148 cm³/mol. The van der Waals surface area contributed by atoms with Crippen molar-refractivity contribution in [2.45, 2.75) is 37.8 Å². The quantitative estimate of drug-likeness (QED) is 0.430. The first-order valence-electron chi connectivity index (χ1n) is 13.4. The molecule has 1 aliphatic carbocycles. The number of hydrogen-bond acceptors (Lipinski definition) is 7. The molecule has 2 amide bonds. The van der Waals surface area contributed by atoms with E-state index in [0.717, 1.165) is 44.5 Å². The molecule has 9 nitrogen and oxygen atoms in total. The van der Waals surface area contributed by atoms with Crippen LogP contribution in [-0.2, 0) is 9.53 Å². The summed E-state index contributed by atoms with van der Waals surface area (Å²) in [5, 5.41) is 3.21. The number of nitrogens with zero attached hydrogens (tertiary/aromatic N) is 2. The zero-order valence-electron chi connectivity index (χ0n) is 22.4. The summed E-state index contributed by atoms with van der Waals surface area (Å²) >= 11 is 0. The molecule has 9 heteroatoms. The average molecular weight is 534 g/mol. The molecule has 1 aromatic heterocycles. The lowest BCUT2D eigenvalue weighted by molar-refractivity contribution is -0.123. The molecule has 206 valence electrons. The van der Waals surface area contributed by atoms with Gasteiger partial charge in [0.15, 0.2) is 5.76 Å². The molecular weight excluding hydrogens is 498 g/mol. The van der Waals surface area contributed by atoms with E-state index in [-0.39, 0.29) is 17.7 Å². The minimum Gasteiger partial charge on any atom is -0.497 e. The molecule has 3 aromatic rings. The van der Waals surface area contributed by atoms with Gasteiger partial charge < -0.3 is 28.8 Å². The zero-order chi connectivity index (χ0) is 27.2. The average Bonchev–Trinajstić information content (AvgIpc) is 3.71. The van der Waals surface area contributed by atoms with E-state index < -0.39 is 11.9 Å². The lowest BCUT2D eigenvalue weighted by Crippen LogP contribution is -2.46. The van der Waals surface area contributed by atoms with Gasteiger partial charge in [0, 0.05) is 43.0 Å². The minimum atomic E-state index is -0.959. The number of rotatable bonds is 9. The minimum absolute atomic E-state index is 0.0769. The van der Waals surface area contributed by atoms with Crippen molar-refractivity contribution >= 4 is 23.2 Å². The van der Waals surface area contributed by atoms with Gasteiger partial charge in [-0.3, -0.25) is 14.5 Å². The predicted octanol–water partition coefficient (Wildman–Crippen LogP) is 4.58. The van der Waals surface area contributed by atoms with Crippen molar-refractivity contribution in [1.82, 2.24) is 5.32 Å². The molecule has 1 aliphatic heterocycles. The first-order chi connectivity index (χ1) is 19.1. The Morgan fingerprint density at radius 3 is 2.23 bits per heavy atom. The van der Waals surface area contributed by atoms with Crippen molar-refractivity contribution in [3.05, 3.63) is 72.2 Å². The summed E-state index contributed by atoms with van der Waals surface area (Å²) in [5.74, 6) is 0.431. The van der Waals surface area contributed by atoms with Crippen LogP contribution in [0.1, 0.15) is 47.8 Å². The van der Waals surface area contributed by atoms with Crippen LogP contribution in [0.5, 0.6) is 11.5 Å². The second kappa shape index (κ2) is 12.3. The highest BCUT2D eigenvalue weighted by atomic mass is 16.5. The van der Waals surface area contributed by atoms with E-state index in [1.54, 1.807) is 44.6 Å². The molecule has 1 atom stereocenters. The Morgan fingerprint density at radius 2 is 1.64 bits per heavy atom. The summed E-state index contributed by atoms with van der Waals surface area (Å²) < 4.78 is 22.0. The van der Waals surface area contributed by atoms with E-state index in [1.807, 2.05) is 24.3 Å². The third-order valence-electron chi connectivity index (χ3n) is 7.36. The summed E-state index contributed by atoms with van der Waals surface area (Å²) in [5.41, 5.74) is 2.18. The van der Waals surface area contributed by atoms with E-state index in [4.69, 9.17) is 18.6 Å². The van der Waals surface area contributed by atoms with Crippen LogP contribution < -0.4 is 24.6 Å². The molecular formula is C30H35N3O6. The number of anilines is 2. The number of methoxy groups -OCH3 is 2. The fourth-order valence-electron chi connectivity index (χ4n) is 5.29. The number of amides is 2. The molecule has 0 bridgehead atoms. The van der Waals surface area contributed by atoms with Crippen molar-refractivity contribution in [2.75, 3.05) is 50.3 Å². The highest BCUT2D eigenvalue weighted by Crippen LogP contribution is 2.36. The first-order valence-corrected chi connectivity index (χ1v) is 13.4. The lowest BCUT2D eigenvalue weighted by Gasteiger charge is -2.33. The van der Waals surface area contributed by atoms with Gasteiger partial charge in [-0.15, -0.1) is 0 Å². The molecule has 2 aromatic carbocycles. The van der Waals surface area contributed by atoms with E-state index in [0.29, 0.717) is 36.0 Å². The third kappa shape index (κ3) is 6.04. The van der Waals surface area contributed by atoms with Gasteiger partial charge in [-0.1, -0.05) is 25.0 Å². The monoisotopic (exact) mass is 533 g/mol. The van der Waals surface area contributed by atoms with Crippen molar-refractivity contribution < 1.29 is 28.2 Å². The van der Waals surface area contributed by atoms with Crippen molar-refractivity contribution in [3.8, 4) is 11.5 Å². The molecule has 1 saturated carbocycles. The fourth-order valence-corrected chi connectivity index (χ4v) is 5.29. The summed E-state index contributed by atoms with van der Waals surface area (Å²) in [6.45, 7) is 2.96. The van der Waals surface area contributed by atoms with Gasteiger partial charge in [0.05, 0.1) is 39.4 Å². The molecule has 5 rings (SSSR count). The smallest absolute Gasteiger partial charge is 0.294 e. The molecule has 2 fully saturated rings. The summed E-state index contributed by atoms with van der Waals surface area (Å²) in [7, 11) is 3.10. The molecule has 1 saturated heterocycles. The second-order valence-corrected chi connectivity index (χ2v) is 9.81. The van der Waals surface area contributed by atoms with Gasteiger partial charge in [0.2, 0.25) is 5.91 Å². The summed E-state index contributed by atoms with van der Waals surface area (Å²) in [6, 6.07) is 15.4. The first kappa shape index (κ1) is 26.6. The Morgan fingerprint density at radius 1 is 0.974 bits per heavy atom. The zero-order valence-corrected chi connectivity index (χ0v) is 22.4. The second-order valence-electron chi connectivity index (χ2n) is 9.81. The third-order valence-corrected chi connectivity index (χ3v) is 7.36. The van der Waals surface area contributed by atoms with E-state index in [2.05, 4.69) is 10.2 Å². The van der Waals surface area contributed by atoms with Crippen LogP contribution in [0.2, 0.25) is 0 Å². The fraction of sp³-hybridized carbons (Fsp3) is 0.400. The number of carbonyl (C=O) groups is 2. The molecule has 0 spiro atoms. The summed E-state index contributed by atoms with van der Waals surface area (Å²) in [6.07, 6.45) is 5.45. The van der Waals surface area contributed by atoms with Gasteiger partial charge in [0.1, 0.15) is 17.5 Å². The Hall–Kier alpha value is -3.98. The van der Waals surface area contributed by atoms with Gasteiger partial charge in [-0.05, 0) is 42.7 Å². The molecule has 2 aliphatic rings. The van der Waals surface area contributed by atoms with Gasteiger partial charge in [-0.25, -0.2) is 0 Å². The molecule has 2 heterocycles. The number of carbonyl (C=O) groups excluding carboxylic acids is 2. The van der Waals surface area contributed by atoms with E-state index in [9.17, 15) is 9.59 Å². The van der Waals surface area contributed by atoms with Crippen molar-refractivity contribution in [2.24, 2.45) is 0 Å². The normalized spacial score (nSPS) is 16.5. The standard InChI is InChI=1S/C30H35N3O6/c1-36-25-18-24(19-26(20-25)37-2)33(30(35)27-8-5-15-39-27)28(29(34)31-22-6-3-4-7-22)21-9-11-23(12-10-21)32-13-16-38-17-14-32/h5,8-12,15,18-20,22,28H,3-4,6-7,13-14,16-17H2,1-2H3,(H,31,34)/t28-/m0/s1. The number of ether oxygens (including phenoxy) is 3. The van der Waals surface area contributed by atoms with Gasteiger partial charge >= 0.3 is 0 Å². The molecule has 0 radical (unpaired) electrons. The van der Waals surface area contributed by atoms with Gasteiger partial charge in [0.25, 0.3) is 5.91 Å². The maximum Gasteiger partial charge on any atom is 0.294 e. The molecule has 1 N–H and O–H groups in total. The maximum atomic E-state index is 14.1. The highest BCUT2D eigenvalue weighted by Gasteiger charge is 2.36. The largest absolute Gasteiger partial charge is 0.497 e. The van der Waals surface area contributed by atoms with Crippen LogP contribution in [0.3, 0.4) is 0 Å². The van der Waals surface area contributed by atoms with Crippen LogP contribution in [0.4, 0.5) is 11.4 Å². The SMILES string of the molecule is COc1cc(OC)cc(N(C(=O)c2ccco2)[C@H](C(=O)NC2CCCC2)c2ccc(N3CCOCC3)cc2)c1. The van der Waals surface area contributed by atoms with Crippen LogP contribution in [0, 0.1) is 0 Å². The number of furan rings is 1. The highest BCUT2D eigenvalue weighted by molar-refractivity contribution is 6.09. The van der Waals surface area contributed by atoms with Crippen LogP contribution >= 0.6 is 0 Å². The Balaban J connectivity index is 1.59. The Kier molecular flexibility index (Phi) is 8.36. The Bertz CT molecular complexity index is 1230. The number of nitrogens with one attached hydrogen (secondary N) is 1. The lowest BCUT2D eigenvalue weighted by atomic mass is 10.0. The van der Waals surface area contributed by atoms with E-state index in [1.165, 1.54) is 11.2 Å². The number of benzene rings is 2. The number of hydrogen-bond donors (Lipinski definition) is 1. The van der Waals surface area contributed by atoms with Crippen LogP contribution in [0.25, 0.3) is 0 Å². The molecule has 39 heavy (non-hydrogen) atoms. The van der Waals surface area contributed by atoms with Crippen LogP contribution in [0.15, 0.2) is 65.3 Å². The van der Waals surface area contributed by atoms with Crippen LogP contribution in [-0.4, -0.2) is 58.4 Å². The van der Waals surface area contributed by atoms with Crippen molar-refractivity contribution in [1.29, 1.82) is 0 Å². The van der Waals surface area contributed by atoms with Gasteiger partial charge in [-0.2, -0.15) is 0 Å². The maximum absolute atomic E-state index is 14.1. The van der Waals surface area contributed by atoms with Crippen molar-refractivity contribution in [3.63, 3.8) is 0 Å². The molecule has 0 unspecified atom stereocenters.